The molecule has 0 unspecified atom stereocenters. The molecule has 1 N–H and O–H groups in total. The number of nitro groups is 2. The van der Waals surface area contributed by atoms with E-state index in [1.807, 2.05) is 4.90 Å². The molecule has 0 saturated carbocycles. The van der Waals surface area contributed by atoms with Crippen LogP contribution in [0, 0.1) is 20.2 Å². The largest absolute Gasteiger partial charge is 0.334 e. The monoisotopic (exact) mass is 330 g/mol. The van der Waals surface area contributed by atoms with Crippen molar-refractivity contribution in [2.24, 2.45) is 0 Å². The van der Waals surface area contributed by atoms with Crippen LogP contribution in [0.15, 0.2) is 35.1 Å². The summed E-state index contributed by atoms with van der Waals surface area (Å²) < 4.78 is 0. The van der Waals surface area contributed by atoms with E-state index in [0.717, 1.165) is 5.56 Å². The smallest absolute Gasteiger partial charge is 0.320 e. The van der Waals surface area contributed by atoms with E-state index < -0.39 is 21.1 Å². The zero-order valence-electron chi connectivity index (χ0n) is 12.6. The molecule has 0 atom stereocenters. The maximum atomic E-state index is 11.6. The zero-order chi connectivity index (χ0) is 17.3. The molecule has 0 amide bonds. The highest BCUT2D eigenvalue weighted by Crippen LogP contribution is 2.22. The summed E-state index contributed by atoms with van der Waals surface area (Å²) in [6.07, 6.45) is 0.567. The van der Waals surface area contributed by atoms with E-state index >= 15 is 0 Å². The number of aromatic nitrogens is 1. The van der Waals surface area contributed by atoms with Gasteiger partial charge in [-0.25, -0.2) is 0 Å². The van der Waals surface area contributed by atoms with Gasteiger partial charge < -0.3 is 4.98 Å². The van der Waals surface area contributed by atoms with Gasteiger partial charge in [-0.1, -0.05) is 12.1 Å². The number of H-pyrrole nitrogens is 1. The van der Waals surface area contributed by atoms with Gasteiger partial charge >= 0.3 is 11.2 Å². The summed E-state index contributed by atoms with van der Waals surface area (Å²) in [5.41, 5.74) is 1.09. The molecule has 9 nitrogen and oxygen atoms in total. The van der Waals surface area contributed by atoms with E-state index in [1.54, 1.807) is 12.1 Å². The molecule has 124 valence electrons. The van der Waals surface area contributed by atoms with Gasteiger partial charge in [-0.3, -0.25) is 29.9 Å². The molecule has 1 aliphatic heterocycles. The summed E-state index contributed by atoms with van der Waals surface area (Å²) in [4.78, 5) is 36.8. The van der Waals surface area contributed by atoms with Gasteiger partial charge in [-0.2, -0.15) is 0 Å². The van der Waals surface area contributed by atoms with E-state index in [-0.39, 0.29) is 5.69 Å². The number of hydrogen-bond acceptors (Lipinski definition) is 6. The molecule has 1 aliphatic rings. The van der Waals surface area contributed by atoms with Crippen molar-refractivity contribution in [2.45, 2.75) is 19.5 Å². The quantitative estimate of drug-likeness (QED) is 0.673. The fraction of sp³-hybridized carbons (Fsp3) is 0.267. The molecule has 0 fully saturated rings. The molecular formula is C15H14N4O5. The van der Waals surface area contributed by atoms with E-state index in [9.17, 15) is 25.0 Å². The fourth-order valence-electron chi connectivity index (χ4n) is 2.85. The van der Waals surface area contributed by atoms with Gasteiger partial charge in [-0.15, -0.1) is 0 Å². The van der Waals surface area contributed by atoms with Crippen molar-refractivity contribution in [3.05, 3.63) is 77.7 Å². The maximum absolute atomic E-state index is 11.6. The number of benzene rings is 1. The number of rotatable bonds is 4. The first kappa shape index (κ1) is 15.8. The van der Waals surface area contributed by atoms with Crippen LogP contribution in [0.4, 0.5) is 11.4 Å². The van der Waals surface area contributed by atoms with Crippen LogP contribution in [-0.4, -0.2) is 26.3 Å². The summed E-state index contributed by atoms with van der Waals surface area (Å²) in [7, 11) is 0. The topological polar surface area (TPSA) is 122 Å². The lowest BCUT2D eigenvalue weighted by atomic mass is 10.0. The molecule has 9 heteroatoms. The summed E-state index contributed by atoms with van der Waals surface area (Å²) in [5, 5.41) is 21.7. The Morgan fingerprint density at radius 2 is 1.96 bits per heavy atom. The first-order valence-electron chi connectivity index (χ1n) is 7.29. The Morgan fingerprint density at radius 1 is 1.17 bits per heavy atom. The standard InChI is InChI=1S/C15H14N4O5/c20-15-14(19(23)24)7-11-9-17(5-4-13(11)16-15)8-10-2-1-3-12(6-10)18(21)22/h1-3,6-7H,4-5,8-9H2,(H,16,20). The minimum atomic E-state index is -0.696. The molecule has 1 aromatic carbocycles. The Morgan fingerprint density at radius 3 is 2.67 bits per heavy atom. The summed E-state index contributed by atoms with van der Waals surface area (Å²) in [5.74, 6) is 0. The first-order valence-corrected chi connectivity index (χ1v) is 7.29. The number of non-ortho nitro benzene ring substituents is 1. The Labute approximate surface area is 135 Å². The second-order valence-electron chi connectivity index (χ2n) is 5.63. The lowest BCUT2D eigenvalue weighted by Crippen LogP contribution is -2.32. The second-order valence-corrected chi connectivity index (χ2v) is 5.63. The van der Waals surface area contributed by atoms with Gasteiger partial charge in [0, 0.05) is 49.9 Å². The number of pyridine rings is 1. The molecule has 0 bridgehead atoms. The third-order valence-electron chi connectivity index (χ3n) is 3.99. The van der Waals surface area contributed by atoms with Gasteiger partial charge in [0.05, 0.1) is 9.85 Å². The Kier molecular flexibility index (Phi) is 4.09. The lowest BCUT2D eigenvalue weighted by molar-refractivity contribution is -0.386. The van der Waals surface area contributed by atoms with Crippen molar-refractivity contribution in [2.75, 3.05) is 6.54 Å². The molecule has 0 spiro atoms. The van der Waals surface area contributed by atoms with Gasteiger partial charge in [0.1, 0.15) is 0 Å². The van der Waals surface area contributed by atoms with Crippen LogP contribution in [0.1, 0.15) is 16.8 Å². The van der Waals surface area contributed by atoms with Crippen LogP contribution in [0.25, 0.3) is 0 Å². The summed E-state index contributed by atoms with van der Waals surface area (Å²) in [6.45, 7) is 1.59. The Hall–Kier alpha value is -3.07. The molecule has 24 heavy (non-hydrogen) atoms. The normalized spacial score (nSPS) is 14.2. The molecule has 3 rings (SSSR count). The predicted molar refractivity (Wildman–Crippen MR) is 84.6 cm³/mol. The molecule has 0 saturated heterocycles. The van der Waals surface area contributed by atoms with Crippen molar-refractivity contribution >= 4 is 11.4 Å². The third kappa shape index (κ3) is 3.15. The number of fused-ring (bicyclic) bond motifs is 1. The van der Waals surface area contributed by atoms with Crippen LogP contribution in [0.5, 0.6) is 0 Å². The number of hydrogen-bond donors (Lipinski definition) is 1. The highest BCUT2D eigenvalue weighted by atomic mass is 16.6. The van der Waals surface area contributed by atoms with Gasteiger partial charge in [-0.05, 0) is 11.1 Å². The van der Waals surface area contributed by atoms with Gasteiger partial charge in [0.25, 0.3) is 5.69 Å². The van der Waals surface area contributed by atoms with E-state index in [2.05, 4.69) is 4.98 Å². The number of nitrogens with one attached hydrogen (secondary N) is 1. The predicted octanol–water partition coefficient (Wildman–Crippen LogP) is 1.75. The van der Waals surface area contributed by atoms with Crippen LogP contribution in [0.2, 0.25) is 0 Å². The van der Waals surface area contributed by atoms with Crippen molar-refractivity contribution in [1.82, 2.24) is 9.88 Å². The number of nitrogens with zero attached hydrogens (tertiary/aromatic N) is 3. The molecule has 2 aromatic rings. The molecule has 0 radical (unpaired) electrons. The van der Waals surface area contributed by atoms with Crippen molar-refractivity contribution in [1.29, 1.82) is 0 Å². The summed E-state index contributed by atoms with van der Waals surface area (Å²) in [6, 6.07) is 7.70. The average Bonchev–Trinajstić information content (AvgIpc) is 2.54. The zero-order valence-corrected chi connectivity index (χ0v) is 12.6. The number of nitro benzene ring substituents is 1. The van der Waals surface area contributed by atoms with Crippen LogP contribution < -0.4 is 5.56 Å². The third-order valence-corrected chi connectivity index (χ3v) is 3.99. The van der Waals surface area contributed by atoms with Crippen molar-refractivity contribution in [3.63, 3.8) is 0 Å². The highest BCUT2D eigenvalue weighted by molar-refractivity contribution is 5.36. The van der Waals surface area contributed by atoms with Crippen LogP contribution >= 0.6 is 0 Å². The van der Waals surface area contributed by atoms with E-state index in [4.69, 9.17) is 0 Å². The molecular weight excluding hydrogens is 316 g/mol. The SMILES string of the molecule is O=c1[nH]c2c(cc1[N+](=O)[O-])CN(Cc1cccc([N+](=O)[O-])c1)CC2. The lowest BCUT2D eigenvalue weighted by Gasteiger charge is -2.28. The Bertz CT molecular complexity index is 876. The second kappa shape index (κ2) is 6.20. The van der Waals surface area contributed by atoms with Crippen molar-refractivity contribution < 1.29 is 9.85 Å². The number of aromatic amines is 1. The first-order chi connectivity index (χ1) is 11.4. The molecule has 0 aliphatic carbocycles. The van der Waals surface area contributed by atoms with E-state index in [0.29, 0.717) is 37.3 Å². The molecule has 2 heterocycles. The van der Waals surface area contributed by atoms with Gasteiger partial charge in [0.15, 0.2) is 0 Å². The minimum Gasteiger partial charge on any atom is -0.320 e. The van der Waals surface area contributed by atoms with Crippen LogP contribution in [0.3, 0.4) is 0 Å². The molecule has 1 aromatic heterocycles. The average molecular weight is 330 g/mol. The van der Waals surface area contributed by atoms with Crippen LogP contribution in [-0.2, 0) is 19.5 Å². The highest BCUT2D eigenvalue weighted by Gasteiger charge is 2.22. The minimum absolute atomic E-state index is 0.0323. The van der Waals surface area contributed by atoms with Crippen molar-refractivity contribution in [3.8, 4) is 0 Å². The maximum Gasteiger partial charge on any atom is 0.334 e. The van der Waals surface area contributed by atoms with E-state index in [1.165, 1.54) is 18.2 Å². The Balaban J connectivity index is 1.81. The fourth-order valence-corrected chi connectivity index (χ4v) is 2.85. The summed E-state index contributed by atoms with van der Waals surface area (Å²) >= 11 is 0. The van der Waals surface area contributed by atoms with Gasteiger partial charge in [0.2, 0.25) is 0 Å².